The summed E-state index contributed by atoms with van der Waals surface area (Å²) < 4.78 is 0. The Bertz CT molecular complexity index is 229. The van der Waals surface area contributed by atoms with Gasteiger partial charge in [-0.2, -0.15) is 11.8 Å². The van der Waals surface area contributed by atoms with Crippen LogP contribution in [0.1, 0.15) is 19.3 Å². The lowest BCUT2D eigenvalue weighted by Gasteiger charge is -2.18. The van der Waals surface area contributed by atoms with Crippen molar-refractivity contribution < 1.29 is 19.8 Å². The van der Waals surface area contributed by atoms with Gasteiger partial charge in [-0.25, -0.2) is 0 Å². The number of carbonyl (C=O) groups is 2. The Kier molecular flexibility index (Phi) is 4.25. The highest BCUT2D eigenvalue weighted by atomic mass is 32.2. The molecule has 4 nitrogen and oxygen atoms in total. The Balaban J connectivity index is 2.63. The zero-order valence-corrected chi connectivity index (χ0v) is 8.63. The van der Waals surface area contributed by atoms with Crippen molar-refractivity contribution in [1.82, 2.24) is 0 Å². The molecule has 0 aromatic rings. The first-order valence-electron chi connectivity index (χ1n) is 4.63. The summed E-state index contributed by atoms with van der Waals surface area (Å²) in [6.45, 7) is 0. The molecule has 0 aliphatic carbocycles. The number of carboxylic acid groups (broad SMARTS) is 2. The van der Waals surface area contributed by atoms with Crippen molar-refractivity contribution in [2.45, 2.75) is 19.3 Å². The van der Waals surface area contributed by atoms with Gasteiger partial charge in [-0.05, 0) is 30.3 Å². The van der Waals surface area contributed by atoms with Gasteiger partial charge in [0.15, 0.2) is 0 Å². The van der Waals surface area contributed by atoms with Crippen LogP contribution < -0.4 is 0 Å². The molecule has 1 aliphatic rings. The maximum absolute atomic E-state index is 10.9. The summed E-state index contributed by atoms with van der Waals surface area (Å²) >= 11 is 1.71. The van der Waals surface area contributed by atoms with Gasteiger partial charge in [0.2, 0.25) is 0 Å². The Morgan fingerprint density at radius 2 is 1.86 bits per heavy atom. The van der Waals surface area contributed by atoms with Gasteiger partial charge in [0.1, 0.15) is 0 Å². The second kappa shape index (κ2) is 5.24. The first-order valence-corrected chi connectivity index (χ1v) is 5.79. The minimum absolute atomic E-state index is 0.0163. The van der Waals surface area contributed by atoms with Gasteiger partial charge >= 0.3 is 11.9 Å². The standard InChI is InChI=1S/C9H14O4S/c10-8(11)5-6-1-3-14-4-2-7(6)9(12)13/h6-7H,1-5H2,(H,10,11)(H,12,13)/t6-,7-/m1/s1. The van der Waals surface area contributed by atoms with E-state index in [4.69, 9.17) is 10.2 Å². The number of rotatable bonds is 3. The fourth-order valence-corrected chi connectivity index (χ4v) is 2.87. The second-order valence-corrected chi connectivity index (χ2v) is 4.72. The molecule has 1 rings (SSSR count). The predicted octanol–water partition coefficient (Wildman–Crippen LogP) is 1.31. The molecule has 1 heterocycles. The summed E-state index contributed by atoms with van der Waals surface area (Å²) in [6, 6.07) is 0. The van der Waals surface area contributed by atoms with E-state index < -0.39 is 17.9 Å². The molecule has 0 saturated carbocycles. The first-order chi connectivity index (χ1) is 6.61. The molecule has 0 aromatic heterocycles. The molecule has 1 saturated heterocycles. The fraction of sp³-hybridized carbons (Fsp3) is 0.778. The van der Waals surface area contributed by atoms with E-state index in [1.165, 1.54) is 0 Å². The van der Waals surface area contributed by atoms with Crippen LogP contribution in [0, 0.1) is 11.8 Å². The highest BCUT2D eigenvalue weighted by Crippen LogP contribution is 2.30. The number of thioether (sulfide) groups is 1. The van der Waals surface area contributed by atoms with Crippen molar-refractivity contribution in [2.24, 2.45) is 11.8 Å². The largest absolute Gasteiger partial charge is 0.481 e. The molecular formula is C9H14O4S. The summed E-state index contributed by atoms with van der Waals surface area (Å²) in [5.41, 5.74) is 0. The highest BCUT2D eigenvalue weighted by molar-refractivity contribution is 7.99. The van der Waals surface area contributed by atoms with E-state index in [9.17, 15) is 9.59 Å². The van der Waals surface area contributed by atoms with Gasteiger partial charge in [-0.1, -0.05) is 0 Å². The van der Waals surface area contributed by atoms with Crippen LogP contribution in [0.4, 0.5) is 0 Å². The fourth-order valence-electron chi connectivity index (χ4n) is 1.78. The normalized spacial score (nSPS) is 28.0. The summed E-state index contributed by atoms with van der Waals surface area (Å²) in [4.78, 5) is 21.4. The topological polar surface area (TPSA) is 74.6 Å². The third-order valence-corrected chi connectivity index (χ3v) is 3.58. The molecular weight excluding hydrogens is 204 g/mol. The van der Waals surface area contributed by atoms with Crippen LogP contribution in [-0.2, 0) is 9.59 Å². The third kappa shape index (κ3) is 3.21. The SMILES string of the molecule is O=C(O)C[C@H]1CCSCC[C@H]1C(=O)O. The minimum Gasteiger partial charge on any atom is -0.481 e. The van der Waals surface area contributed by atoms with Crippen LogP contribution in [0.3, 0.4) is 0 Å². The molecule has 80 valence electrons. The van der Waals surface area contributed by atoms with E-state index in [1.54, 1.807) is 11.8 Å². The van der Waals surface area contributed by atoms with Crippen LogP contribution >= 0.6 is 11.8 Å². The van der Waals surface area contributed by atoms with Crippen LogP contribution in [-0.4, -0.2) is 33.7 Å². The molecule has 0 unspecified atom stereocenters. The van der Waals surface area contributed by atoms with Gasteiger partial charge in [0, 0.05) is 6.42 Å². The lowest BCUT2D eigenvalue weighted by molar-refractivity contribution is -0.145. The van der Waals surface area contributed by atoms with Crippen LogP contribution in [0.15, 0.2) is 0 Å². The average Bonchev–Trinajstić information content (AvgIpc) is 2.28. The minimum atomic E-state index is -0.895. The van der Waals surface area contributed by atoms with Crippen molar-refractivity contribution in [2.75, 3.05) is 11.5 Å². The van der Waals surface area contributed by atoms with Crippen molar-refractivity contribution in [3.8, 4) is 0 Å². The zero-order valence-electron chi connectivity index (χ0n) is 7.81. The first kappa shape index (κ1) is 11.4. The lowest BCUT2D eigenvalue weighted by Crippen LogP contribution is -2.25. The molecule has 1 fully saturated rings. The molecule has 0 bridgehead atoms. The van der Waals surface area contributed by atoms with Gasteiger partial charge in [-0.15, -0.1) is 0 Å². The Hall–Kier alpha value is -0.710. The highest BCUT2D eigenvalue weighted by Gasteiger charge is 2.30. The number of carboxylic acids is 2. The lowest BCUT2D eigenvalue weighted by atomic mass is 9.85. The van der Waals surface area contributed by atoms with Crippen molar-refractivity contribution in [1.29, 1.82) is 0 Å². The maximum Gasteiger partial charge on any atom is 0.306 e. The number of hydrogen-bond acceptors (Lipinski definition) is 3. The molecule has 5 heteroatoms. The van der Waals surface area contributed by atoms with E-state index in [2.05, 4.69) is 0 Å². The summed E-state index contributed by atoms with van der Waals surface area (Å²) in [5, 5.41) is 17.6. The van der Waals surface area contributed by atoms with E-state index in [0.29, 0.717) is 12.8 Å². The zero-order chi connectivity index (χ0) is 10.6. The molecule has 0 amide bonds. The van der Waals surface area contributed by atoms with Crippen molar-refractivity contribution >= 4 is 23.7 Å². The maximum atomic E-state index is 10.9. The second-order valence-electron chi connectivity index (χ2n) is 3.49. The van der Waals surface area contributed by atoms with Crippen LogP contribution in [0.5, 0.6) is 0 Å². The molecule has 2 N–H and O–H groups in total. The molecule has 1 aliphatic heterocycles. The Labute approximate surface area is 86.7 Å². The van der Waals surface area contributed by atoms with E-state index in [-0.39, 0.29) is 12.3 Å². The van der Waals surface area contributed by atoms with E-state index in [0.717, 1.165) is 11.5 Å². The average molecular weight is 218 g/mol. The predicted molar refractivity (Wildman–Crippen MR) is 53.4 cm³/mol. The summed E-state index contributed by atoms with van der Waals surface area (Å²) in [7, 11) is 0. The van der Waals surface area contributed by atoms with E-state index >= 15 is 0 Å². The summed E-state index contributed by atoms with van der Waals surface area (Å²) in [5.74, 6) is -0.706. The van der Waals surface area contributed by atoms with Gasteiger partial charge < -0.3 is 10.2 Å². The van der Waals surface area contributed by atoms with Gasteiger partial charge in [-0.3, -0.25) is 9.59 Å². The quantitative estimate of drug-likeness (QED) is 0.747. The van der Waals surface area contributed by atoms with Gasteiger partial charge in [0.05, 0.1) is 5.92 Å². The molecule has 2 atom stereocenters. The third-order valence-electron chi connectivity index (χ3n) is 2.53. The Morgan fingerprint density at radius 3 is 2.43 bits per heavy atom. The summed E-state index contributed by atoms with van der Waals surface area (Å²) in [6.07, 6.45) is 1.28. The smallest absolute Gasteiger partial charge is 0.306 e. The van der Waals surface area contributed by atoms with Crippen molar-refractivity contribution in [3.05, 3.63) is 0 Å². The van der Waals surface area contributed by atoms with Crippen molar-refractivity contribution in [3.63, 3.8) is 0 Å². The number of hydrogen-bond donors (Lipinski definition) is 2. The molecule has 14 heavy (non-hydrogen) atoms. The van der Waals surface area contributed by atoms with Gasteiger partial charge in [0.25, 0.3) is 0 Å². The van der Waals surface area contributed by atoms with Crippen LogP contribution in [0.2, 0.25) is 0 Å². The molecule has 0 radical (unpaired) electrons. The molecule has 0 spiro atoms. The molecule has 0 aromatic carbocycles. The number of aliphatic carboxylic acids is 2. The Morgan fingerprint density at radius 1 is 1.21 bits per heavy atom. The monoisotopic (exact) mass is 218 g/mol. The van der Waals surface area contributed by atoms with Crippen LogP contribution in [0.25, 0.3) is 0 Å². The van der Waals surface area contributed by atoms with E-state index in [1.807, 2.05) is 0 Å².